The Morgan fingerprint density at radius 1 is 1.08 bits per heavy atom. The van der Waals surface area contributed by atoms with Crippen LogP contribution in [0.25, 0.3) is 17.2 Å². The largest absolute Gasteiger partial charge is 0.383 e. The number of thiocarbonyl (C=S) groups is 1. The van der Waals surface area contributed by atoms with Crippen molar-refractivity contribution in [3.8, 4) is 11.1 Å². The molecule has 0 N–H and O–H groups in total. The Balaban J connectivity index is 1.77. The van der Waals surface area contributed by atoms with Crippen molar-refractivity contribution in [1.82, 2.24) is 4.90 Å². The summed E-state index contributed by atoms with van der Waals surface area (Å²) in [6, 6.07) is 18.4. The molecule has 0 unspecified atom stereocenters. The lowest BCUT2D eigenvalue weighted by molar-refractivity contribution is -0.122. The minimum Gasteiger partial charge on any atom is -0.383 e. The van der Waals surface area contributed by atoms with Gasteiger partial charge in [0.2, 0.25) is 0 Å². The van der Waals surface area contributed by atoms with Crippen LogP contribution in [0.3, 0.4) is 0 Å². The van der Waals surface area contributed by atoms with Crippen molar-refractivity contribution in [1.29, 1.82) is 0 Å². The summed E-state index contributed by atoms with van der Waals surface area (Å²) in [7, 11) is 1.61. The lowest BCUT2D eigenvalue weighted by Crippen LogP contribution is -2.31. The Morgan fingerprint density at radius 2 is 1.75 bits per heavy atom. The van der Waals surface area contributed by atoms with Gasteiger partial charge >= 0.3 is 0 Å². The second-order valence-electron chi connectivity index (χ2n) is 5.31. The van der Waals surface area contributed by atoms with Gasteiger partial charge in [-0.05, 0) is 22.8 Å². The number of hydrogen-bond donors (Lipinski definition) is 0. The predicted octanol–water partition coefficient (Wildman–Crippen LogP) is 4.20. The quantitative estimate of drug-likeness (QED) is 0.594. The lowest BCUT2D eigenvalue weighted by atomic mass is 10.0. The Labute approximate surface area is 151 Å². The molecule has 0 saturated carbocycles. The molecule has 2 aromatic carbocycles. The molecule has 2 aromatic rings. The van der Waals surface area contributed by atoms with Crippen molar-refractivity contribution in [2.24, 2.45) is 0 Å². The van der Waals surface area contributed by atoms with Crippen LogP contribution in [-0.4, -0.2) is 35.4 Å². The first kappa shape index (κ1) is 16.9. The van der Waals surface area contributed by atoms with E-state index in [4.69, 9.17) is 17.0 Å². The van der Waals surface area contributed by atoms with Gasteiger partial charge in [0.15, 0.2) is 0 Å². The molecule has 24 heavy (non-hydrogen) atoms. The van der Waals surface area contributed by atoms with Gasteiger partial charge in [-0.25, -0.2) is 0 Å². The van der Waals surface area contributed by atoms with Crippen molar-refractivity contribution < 1.29 is 9.53 Å². The van der Waals surface area contributed by atoms with Gasteiger partial charge in [-0.1, -0.05) is 78.6 Å². The molecule has 5 heteroatoms. The van der Waals surface area contributed by atoms with Gasteiger partial charge in [-0.3, -0.25) is 9.69 Å². The van der Waals surface area contributed by atoms with Crippen LogP contribution in [0.1, 0.15) is 5.56 Å². The molecule has 3 rings (SSSR count). The number of rotatable bonds is 5. The maximum Gasteiger partial charge on any atom is 0.266 e. The highest BCUT2D eigenvalue weighted by Gasteiger charge is 2.31. The van der Waals surface area contributed by atoms with Gasteiger partial charge < -0.3 is 4.74 Å². The van der Waals surface area contributed by atoms with E-state index in [9.17, 15) is 4.79 Å². The number of thioether (sulfide) groups is 1. The fourth-order valence-electron chi connectivity index (χ4n) is 2.43. The molecule has 0 bridgehead atoms. The fraction of sp³-hybridized carbons (Fsp3) is 0.158. The van der Waals surface area contributed by atoms with Gasteiger partial charge in [0.1, 0.15) is 4.32 Å². The van der Waals surface area contributed by atoms with Crippen LogP contribution in [0.2, 0.25) is 0 Å². The van der Waals surface area contributed by atoms with Gasteiger partial charge in [-0.2, -0.15) is 0 Å². The zero-order chi connectivity index (χ0) is 16.9. The van der Waals surface area contributed by atoms with E-state index in [1.807, 2.05) is 36.4 Å². The van der Waals surface area contributed by atoms with Crippen molar-refractivity contribution in [2.75, 3.05) is 20.3 Å². The molecule has 3 nitrogen and oxygen atoms in total. The topological polar surface area (TPSA) is 29.5 Å². The highest BCUT2D eigenvalue weighted by atomic mass is 32.2. The van der Waals surface area contributed by atoms with E-state index in [2.05, 4.69) is 24.3 Å². The summed E-state index contributed by atoms with van der Waals surface area (Å²) < 4.78 is 5.61. The number of carbonyl (C=O) groups is 1. The van der Waals surface area contributed by atoms with E-state index < -0.39 is 0 Å². The maximum atomic E-state index is 12.4. The second-order valence-corrected chi connectivity index (χ2v) is 6.99. The Bertz CT molecular complexity index is 770. The Hall–Kier alpha value is -1.95. The molecule has 1 saturated heterocycles. The molecule has 1 aliphatic heterocycles. The first-order valence-electron chi connectivity index (χ1n) is 7.59. The molecule has 1 fully saturated rings. The maximum absolute atomic E-state index is 12.4. The molecule has 0 spiro atoms. The standard InChI is InChI=1S/C19H17NO2S2/c1-22-12-11-20-18(21)17(24-19(20)23)13-14-7-9-16(10-8-14)15-5-3-2-4-6-15/h2-10,13H,11-12H2,1H3/b17-13-. The summed E-state index contributed by atoms with van der Waals surface area (Å²) >= 11 is 6.62. The molecule has 0 radical (unpaired) electrons. The van der Waals surface area contributed by atoms with Crippen LogP contribution in [0, 0.1) is 0 Å². The van der Waals surface area contributed by atoms with Crippen molar-refractivity contribution in [3.63, 3.8) is 0 Å². The van der Waals surface area contributed by atoms with Gasteiger partial charge in [0, 0.05) is 7.11 Å². The van der Waals surface area contributed by atoms with E-state index in [0.29, 0.717) is 22.4 Å². The molecular formula is C19H17NO2S2. The number of ether oxygens (including phenoxy) is 1. The Kier molecular flexibility index (Phi) is 5.45. The SMILES string of the molecule is COCCN1C(=O)/C(=C/c2ccc(-c3ccccc3)cc2)SC1=S. The average Bonchev–Trinajstić information content (AvgIpc) is 2.88. The number of benzene rings is 2. The third-order valence-electron chi connectivity index (χ3n) is 3.71. The predicted molar refractivity (Wildman–Crippen MR) is 104 cm³/mol. The molecular weight excluding hydrogens is 338 g/mol. The molecule has 1 amide bonds. The molecule has 0 aromatic heterocycles. The van der Waals surface area contributed by atoms with Gasteiger partial charge in [0.25, 0.3) is 5.91 Å². The van der Waals surface area contributed by atoms with Crippen LogP contribution < -0.4 is 0 Å². The molecule has 1 heterocycles. The number of hydrogen-bond acceptors (Lipinski definition) is 4. The van der Waals surface area contributed by atoms with Crippen LogP contribution in [0.4, 0.5) is 0 Å². The smallest absolute Gasteiger partial charge is 0.266 e. The summed E-state index contributed by atoms with van der Waals surface area (Å²) in [6.45, 7) is 0.969. The van der Waals surface area contributed by atoms with E-state index >= 15 is 0 Å². The summed E-state index contributed by atoms with van der Waals surface area (Å²) in [4.78, 5) is 14.7. The first-order chi connectivity index (χ1) is 11.7. The zero-order valence-electron chi connectivity index (χ0n) is 13.3. The Morgan fingerprint density at radius 3 is 2.42 bits per heavy atom. The van der Waals surface area contributed by atoms with Gasteiger partial charge in [-0.15, -0.1) is 0 Å². The third kappa shape index (κ3) is 3.75. The van der Waals surface area contributed by atoms with E-state index in [1.54, 1.807) is 12.0 Å². The van der Waals surface area contributed by atoms with Crippen LogP contribution in [0.15, 0.2) is 59.5 Å². The summed E-state index contributed by atoms with van der Waals surface area (Å²) in [5, 5.41) is 0. The first-order valence-corrected chi connectivity index (χ1v) is 8.81. The van der Waals surface area contributed by atoms with Crippen LogP contribution in [0.5, 0.6) is 0 Å². The fourth-order valence-corrected chi connectivity index (χ4v) is 3.74. The minimum absolute atomic E-state index is 0.0471. The third-order valence-corrected chi connectivity index (χ3v) is 5.09. The normalized spacial score (nSPS) is 16.2. The number of carbonyl (C=O) groups excluding carboxylic acids is 1. The van der Waals surface area contributed by atoms with Crippen LogP contribution in [-0.2, 0) is 9.53 Å². The summed E-state index contributed by atoms with van der Waals surface area (Å²) in [5.41, 5.74) is 3.32. The molecule has 1 aliphatic rings. The molecule has 0 aliphatic carbocycles. The highest BCUT2D eigenvalue weighted by molar-refractivity contribution is 8.26. The van der Waals surface area contributed by atoms with Crippen LogP contribution >= 0.6 is 24.0 Å². The van der Waals surface area contributed by atoms with E-state index in [0.717, 1.165) is 11.1 Å². The number of nitrogens with zero attached hydrogens (tertiary/aromatic N) is 1. The lowest BCUT2D eigenvalue weighted by Gasteiger charge is -2.12. The summed E-state index contributed by atoms with van der Waals surface area (Å²) in [6.07, 6.45) is 1.89. The average molecular weight is 355 g/mol. The van der Waals surface area contributed by atoms with Crippen molar-refractivity contribution in [3.05, 3.63) is 65.1 Å². The molecule has 0 atom stereocenters. The van der Waals surface area contributed by atoms with Gasteiger partial charge in [0.05, 0.1) is 18.1 Å². The van der Waals surface area contributed by atoms with E-state index in [1.165, 1.54) is 17.3 Å². The number of methoxy groups -OCH3 is 1. The second kappa shape index (κ2) is 7.75. The molecule has 122 valence electrons. The number of amides is 1. The van der Waals surface area contributed by atoms with Crippen molar-refractivity contribution in [2.45, 2.75) is 0 Å². The van der Waals surface area contributed by atoms with Crippen molar-refractivity contribution >= 4 is 40.3 Å². The highest BCUT2D eigenvalue weighted by Crippen LogP contribution is 2.32. The minimum atomic E-state index is -0.0471. The van der Waals surface area contributed by atoms with E-state index in [-0.39, 0.29) is 5.91 Å². The monoisotopic (exact) mass is 355 g/mol. The zero-order valence-corrected chi connectivity index (χ0v) is 14.9. The summed E-state index contributed by atoms with van der Waals surface area (Å²) in [5.74, 6) is -0.0471.